The van der Waals surface area contributed by atoms with Crippen molar-refractivity contribution in [3.8, 4) is 0 Å². The van der Waals surface area contributed by atoms with Gasteiger partial charge < -0.3 is 10.6 Å². The highest BCUT2D eigenvalue weighted by atomic mass is 35.5. The highest BCUT2D eigenvalue weighted by Gasteiger charge is 2.20. The van der Waals surface area contributed by atoms with Crippen LogP contribution < -0.4 is 10.6 Å². The number of nitrogens with one attached hydrogen (secondary N) is 2. The number of rotatable bonds is 8. The lowest BCUT2D eigenvalue weighted by molar-refractivity contribution is 0.299. The number of hydrogen-bond acceptors (Lipinski definition) is 4. The fourth-order valence-electron chi connectivity index (χ4n) is 2.83. The molecule has 1 saturated heterocycles. The van der Waals surface area contributed by atoms with Crippen molar-refractivity contribution in [1.82, 2.24) is 15.5 Å². The van der Waals surface area contributed by atoms with Gasteiger partial charge in [0.2, 0.25) is 0 Å². The maximum atomic E-state index is 11.5. The van der Waals surface area contributed by atoms with Crippen molar-refractivity contribution in [3.63, 3.8) is 0 Å². The van der Waals surface area contributed by atoms with Gasteiger partial charge >= 0.3 is 0 Å². The standard InChI is InChI=1S/C18H28Cl2N4O2S/c1-2-21-18(23-8-9-24-10-12-27(25,26)13-11-24)22-7-3-4-15-5-6-16(19)14-17(15)20/h5-6,14H,2-4,7-13H2,1H3,(H2,21,22,23). The lowest BCUT2D eigenvalue weighted by Crippen LogP contribution is -2.46. The molecule has 1 aliphatic rings. The maximum absolute atomic E-state index is 11.5. The zero-order valence-corrected chi connectivity index (χ0v) is 18.0. The van der Waals surface area contributed by atoms with Gasteiger partial charge in [0.1, 0.15) is 0 Å². The van der Waals surface area contributed by atoms with Gasteiger partial charge in [0.25, 0.3) is 0 Å². The van der Waals surface area contributed by atoms with Crippen molar-refractivity contribution >= 4 is 39.0 Å². The summed E-state index contributed by atoms with van der Waals surface area (Å²) in [5.41, 5.74) is 1.08. The van der Waals surface area contributed by atoms with Crippen LogP contribution in [0.15, 0.2) is 23.2 Å². The molecule has 27 heavy (non-hydrogen) atoms. The van der Waals surface area contributed by atoms with Crippen molar-refractivity contribution in [2.45, 2.75) is 19.8 Å². The summed E-state index contributed by atoms with van der Waals surface area (Å²) in [4.78, 5) is 6.76. The predicted octanol–water partition coefficient (Wildman–Crippen LogP) is 2.21. The topological polar surface area (TPSA) is 73.8 Å². The number of halogens is 2. The Morgan fingerprint density at radius 2 is 1.96 bits per heavy atom. The van der Waals surface area contributed by atoms with E-state index < -0.39 is 9.84 Å². The molecule has 0 amide bonds. The first-order valence-corrected chi connectivity index (χ1v) is 11.9. The van der Waals surface area contributed by atoms with Crippen LogP contribution in [0.3, 0.4) is 0 Å². The summed E-state index contributed by atoms with van der Waals surface area (Å²) in [7, 11) is -2.82. The molecular formula is C18H28Cl2N4O2S. The average Bonchev–Trinajstić information content (AvgIpc) is 2.61. The second-order valence-electron chi connectivity index (χ2n) is 6.52. The Labute approximate surface area is 172 Å². The number of aliphatic imine (C=N–C) groups is 1. The van der Waals surface area contributed by atoms with Crippen LogP contribution in [0.1, 0.15) is 18.9 Å². The number of hydrogen-bond donors (Lipinski definition) is 2. The first-order chi connectivity index (χ1) is 12.9. The quantitative estimate of drug-likeness (QED) is 0.372. The smallest absolute Gasteiger partial charge is 0.191 e. The molecule has 0 bridgehead atoms. The van der Waals surface area contributed by atoms with E-state index in [0.29, 0.717) is 29.7 Å². The highest BCUT2D eigenvalue weighted by molar-refractivity contribution is 7.91. The van der Waals surface area contributed by atoms with Gasteiger partial charge in [0.15, 0.2) is 15.8 Å². The summed E-state index contributed by atoms with van der Waals surface area (Å²) >= 11 is 12.1. The summed E-state index contributed by atoms with van der Waals surface area (Å²) in [6.07, 6.45) is 1.74. The van der Waals surface area contributed by atoms with Gasteiger partial charge in [0, 0.05) is 49.3 Å². The van der Waals surface area contributed by atoms with Crippen molar-refractivity contribution < 1.29 is 8.42 Å². The van der Waals surface area contributed by atoms with Crippen LogP contribution in [0.2, 0.25) is 10.0 Å². The van der Waals surface area contributed by atoms with Gasteiger partial charge in [-0.1, -0.05) is 29.3 Å². The van der Waals surface area contributed by atoms with Crippen molar-refractivity contribution in [2.75, 3.05) is 50.8 Å². The Bertz CT molecular complexity index is 727. The summed E-state index contributed by atoms with van der Waals surface area (Å²) in [5.74, 6) is 1.30. The summed E-state index contributed by atoms with van der Waals surface area (Å²) in [6.45, 7) is 6.27. The third-order valence-electron chi connectivity index (χ3n) is 4.39. The fraction of sp³-hybridized carbons (Fsp3) is 0.611. The van der Waals surface area contributed by atoms with Crippen LogP contribution in [-0.2, 0) is 16.3 Å². The second kappa shape index (κ2) is 11.1. The maximum Gasteiger partial charge on any atom is 0.191 e. The van der Waals surface area contributed by atoms with E-state index in [0.717, 1.165) is 44.0 Å². The molecule has 1 aromatic carbocycles. The summed E-state index contributed by atoms with van der Waals surface area (Å²) in [5, 5.41) is 7.88. The van der Waals surface area contributed by atoms with Crippen LogP contribution in [-0.4, -0.2) is 70.1 Å². The predicted molar refractivity (Wildman–Crippen MR) is 114 cm³/mol. The Morgan fingerprint density at radius 3 is 2.63 bits per heavy atom. The van der Waals surface area contributed by atoms with Gasteiger partial charge in [-0.25, -0.2) is 8.42 Å². The molecule has 9 heteroatoms. The molecule has 6 nitrogen and oxygen atoms in total. The van der Waals surface area contributed by atoms with Crippen LogP contribution in [0.25, 0.3) is 0 Å². The monoisotopic (exact) mass is 434 g/mol. The third-order valence-corrected chi connectivity index (χ3v) is 6.59. The Balaban J connectivity index is 1.72. The first kappa shape index (κ1) is 22.3. The summed E-state index contributed by atoms with van der Waals surface area (Å²) < 4.78 is 22.9. The Morgan fingerprint density at radius 1 is 1.22 bits per heavy atom. The van der Waals surface area contributed by atoms with Crippen LogP contribution >= 0.6 is 23.2 Å². The lowest BCUT2D eigenvalue weighted by atomic mass is 10.1. The van der Waals surface area contributed by atoms with Gasteiger partial charge in [-0.3, -0.25) is 9.89 Å². The second-order valence-corrected chi connectivity index (χ2v) is 9.67. The van der Waals surface area contributed by atoms with E-state index in [-0.39, 0.29) is 11.5 Å². The highest BCUT2D eigenvalue weighted by Crippen LogP contribution is 2.21. The fourth-order valence-corrected chi connectivity index (χ4v) is 4.61. The molecule has 0 spiro atoms. The largest absolute Gasteiger partial charge is 0.357 e. The number of benzene rings is 1. The zero-order valence-electron chi connectivity index (χ0n) is 15.7. The Kier molecular flexibility index (Phi) is 9.15. The Hall–Kier alpha value is -1.02. The number of nitrogens with zero attached hydrogens (tertiary/aromatic N) is 2. The van der Waals surface area contributed by atoms with E-state index in [4.69, 9.17) is 23.2 Å². The van der Waals surface area contributed by atoms with E-state index in [9.17, 15) is 8.42 Å². The van der Waals surface area contributed by atoms with Crippen LogP contribution in [0.4, 0.5) is 0 Å². The molecule has 1 aromatic rings. The third kappa shape index (κ3) is 8.25. The van der Waals surface area contributed by atoms with Gasteiger partial charge in [-0.15, -0.1) is 0 Å². The molecule has 152 valence electrons. The molecule has 0 unspecified atom stereocenters. The van der Waals surface area contributed by atoms with Crippen LogP contribution in [0, 0.1) is 0 Å². The molecule has 0 aliphatic carbocycles. The van der Waals surface area contributed by atoms with Gasteiger partial charge in [0.05, 0.1) is 11.5 Å². The van der Waals surface area contributed by atoms with Crippen molar-refractivity contribution in [2.24, 2.45) is 4.99 Å². The number of sulfone groups is 1. The van der Waals surface area contributed by atoms with E-state index >= 15 is 0 Å². The average molecular weight is 435 g/mol. The SMILES string of the molecule is CCNC(=NCCCc1ccc(Cl)cc1Cl)NCCN1CCS(=O)(=O)CC1. The first-order valence-electron chi connectivity index (χ1n) is 9.28. The molecule has 1 aliphatic heterocycles. The van der Waals surface area contributed by atoms with Gasteiger partial charge in [-0.2, -0.15) is 0 Å². The van der Waals surface area contributed by atoms with Gasteiger partial charge in [-0.05, 0) is 37.5 Å². The normalized spacial score (nSPS) is 17.7. The van der Waals surface area contributed by atoms with Crippen LogP contribution in [0.5, 0.6) is 0 Å². The molecule has 0 atom stereocenters. The van der Waals surface area contributed by atoms with Crippen molar-refractivity contribution in [3.05, 3.63) is 33.8 Å². The minimum Gasteiger partial charge on any atom is -0.357 e. The molecule has 0 radical (unpaired) electrons. The molecule has 2 rings (SSSR count). The molecule has 0 aromatic heterocycles. The van der Waals surface area contributed by atoms with E-state index in [1.165, 1.54) is 0 Å². The zero-order chi connectivity index (χ0) is 19.7. The summed E-state index contributed by atoms with van der Waals surface area (Å²) in [6, 6.07) is 5.57. The van der Waals surface area contributed by atoms with E-state index in [1.54, 1.807) is 6.07 Å². The lowest BCUT2D eigenvalue weighted by Gasteiger charge is -2.26. The molecule has 2 N–H and O–H groups in total. The molecule has 1 heterocycles. The number of aryl methyl sites for hydroxylation is 1. The van der Waals surface area contributed by atoms with E-state index in [1.807, 2.05) is 19.1 Å². The molecule has 1 fully saturated rings. The minimum atomic E-state index is -2.82. The van der Waals surface area contributed by atoms with Crippen molar-refractivity contribution in [1.29, 1.82) is 0 Å². The minimum absolute atomic E-state index is 0.258. The number of guanidine groups is 1. The molecule has 0 saturated carbocycles. The molecular weight excluding hydrogens is 407 g/mol. The van der Waals surface area contributed by atoms with E-state index in [2.05, 4.69) is 20.5 Å².